The van der Waals surface area contributed by atoms with Crippen LogP contribution in [0.25, 0.3) is 11.5 Å². The standard InChI is InChI=1S/C22H17FN4O4S2/c1-32-19-8-3-2-7-18(19)21-25-26-22(31-21)24-20(28)14-5-4-6-16(13-14)27-33(29,30)17-11-9-15(23)10-12-17/h2-13,27H,1H3,(H,24,26,28). The van der Waals surface area contributed by atoms with Crippen LogP contribution in [0.1, 0.15) is 10.4 Å². The monoisotopic (exact) mass is 484 g/mol. The molecule has 4 aromatic rings. The smallest absolute Gasteiger partial charge is 0.322 e. The van der Waals surface area contributed by atoms with Gasteiger partial charge in [-0.2, -0.15) is 0 Å². The highest BCUT2D eigenvalue weighted by Gasteiger charge is 2.17. The average Bonchev–Trinajstić information content (AvgIpc) is 3.27. The fraction of sp³-hybridized carbons (Fsp3) is 0.0455. The highest BCUT2D eigenvalue weighted by atomic mass is 32.2. The first kappa shape index (κ1) is 22.5. The second kappa shape index (κ2) is 9.43. The highest BCUT2D eigenvalue weighted by Crippen LogP contribution is 2.29. The summed E-state index contributed by atoms with van der Waals surface area (Å²) in [4.78, 5) is 13.5. The normalized spacial score (nSPS) is 11.2. The molecule has 8 nitrogen and oxygen atoms in total. The first-order valence-electron chi connectivity index (χ1n) is 9.52. The minimum absolute atomic E-state index is 0.0943. The molecule has 0 radical (unpaired) electrons. The summed E-state index contributed by atoms with van der Waals surface area (Å²) in [6.45, 7) is 0. The molecule has 1 amide bonds. The summed E-state index contributed by atoms with van der Waals surface area (Å²) in [6, 6.07) is 17.7. The summed E-state index contributed by atoms with van der Waals surface area (Å²) in [5, 5.41) is 10.4. The number of aromatic nitrogens is 2. The summed E-state index contributed by atoms with van der Waals surface area (Å²) in [6.07, 6.45) is 1.93. The van der Waals surface area contributed by atoms with E-state index in [1.54, 1.807) is 0 Å². The van der Waals surface area contributed by atoms with E-state index in [-0.39, 0.29) is 28.1 Å². The number of carbonyl (C=O) groups is 1. The number of amides is 1. The Bertz CT molecular complexity index is 1410. The summed E-state index contributed by atoms with van der Waals surface area (Å²) in [5.74, 6) is -0.851. The molecule has 0 bridgehead atoms. The van der Waals surface area contributed by atoms with Crippen LogP contribution >= 0.6 is 11.8 Å². The quantitative estimate of drug-likeness (QED) is 0.367. The maximum atomic E-state index is 13.1. The summed E-state index contributed by atoms with van der Waals surface area (Å²) < 4.78 is 46.0. The number of anilines is 2. The Balaban J connectivity index is 1.49. The first-order valence-corrected chi connectivity index (χ1v) is 12.2. The van der Waals surface area contributed by atoms with E-state index in [1.165, 1.54) is 36.0 Å². The summed E-state index contributed by atoms with van der Waals surface area (Å²) in [5.41, 5.74) is 1.07. The Kier molecular flexibility index (Phi) is 6.43. The molecule has 33 heavy (non-hydrogen) atoms. The Morgan fingerprint density at radius 3 is 2.52 bits per heavy atom. The molecule has 0 aliphatic carbocycles. The van der Waals surface area contributed by atoms with Crippen LogP contribution in [-0.2, 0) is 10.0 Å². The Hall–Kier alpha value is -3.70. The molecular weight excluding hydrogens is 467 g/mol. The molecule has 1 heterocycles. The lowest BCUT2D eigenvalue weighted by molar-refractivity contribution is 0.102. The van der Waals surface area contributed by atoms with Crippen molar-refractivity contribution in [3.05, 3.63) is 84.2 Å². The van der Waals surface area contributed by atoms with Crippen LogP contribution in [0, 0.1) is 5.82 Å². The maximum Gasteiger partial charge on any atom is 0.322 e. The molecule has 11 heteroatoms. The van der Waals surface area contributed by atoms with Gasteiger partial charge in [0.2, 0.25) is 0 Å². The highest BCUT2D eigenvalue weighted by molar-refractivity contribution is 7.98. The van der Waals surface area contributed by atoms with E-state index in [2.05, 4.69) is 20.2 Å². The number of nitrogens with zero attached hydrogens (tertiary/aromatic N) is 2. The third kappa shape index (κ3) is 5.21. The molecule has 1 aromatic heterocycles. The lowest BCUT2D eigenvalue weighted by Gasteiger charge is -2.09. The molecule has 0 aliphatic heterocycles. The van der Waals surface area contributed by atoms with Gasteiger partial charge >= 0.3 is 6.01 Å². The molecule has 0 unspecified atom stereocenters. The molecule has 0 atom stereocenters. The molecule has 0 spiro atoms. The van der Waals surface area contributed by atoms with E-state index in [0.29, 0.717) is 0 Å². The van der Waals surface area contributed by atoms with Crippen molar-refractivity contribution in [1.29, 1.82) is 0 Å². The van der Waals surface area contributed by atoms with Gasteiger partial charge in [-0.25, -0.2) is 12.8 Å². The summed E-state index contributed by atoms with van der Waals surface area (Å²) in [7, 11) is -3.96. The number of carbonyl (C=O) groups excluding carboxylic acids is 1. The van der Waals surface area contributed by atoms with Crippen LogP contribution in [0.15, 0.2) is 87.0 Å². The zero-order chi connectivity index (χ0) is 23.4. The van der Waals surface area contributed by atoms with Crippen molar-refractivity contribution in [2.75, 3.05) is 16.3 Å². The zero-order valence-electron chi connectivity index (χ0n) is 17.2. The number of rotatable bonds is 7. The van der Waals surface area contributed by atoms with Crippen molar-refractivity contribution in [3.63, 3.8) is 0 Å². The van der Waals surface area contributed by atoms with E-state index in [9.17, 15) is 17.6 Å². The van der Waals surface area contributed by atoms with Gasteiger partial charge in [0.05, 0.1) is 10.5 Å². The van der Waals surface area contributed by atoms with Gasteiger partial charge < -0.3 is 4.42 Å². The zero-order valence-corrected chi connectivity index (χ0v) is 18.8. The number of nitrogens with one attached hydrogen (secondary N) is 2. The molecular formula is C22H17FN4O4S2. The second-order valence-electron chi connectivity index (χ2n) is 6.71. The van der Waals surface area contributed by atoms with Gasteiger partial charge in [-0.05, 0) is 60.9 Å². The lowest BCUT2D eigenvalue weighted by atomic mass is 10.2. The van der Waals surface area contributed by atoms with Crippen molar-refractivity contribution >= 4 is 39.4 Å². The van der Waals surface area contributed by atoms with Gasteiger partial charge in [0.15, 0.2) is 0 Å². The molecule has 2 N–H and O–H groups in total. The number of hydrogen-bond acceptors (Lipinski definition) is 7. The third-order valence-corrected chi connectivity index (χ3v) is 6.68. The molecule has 0 saturated carbocycles. The second-order valence-corrected chi connectivity index (χ2v) is 9.24. The predicted molar refractivity (Wildman–Crippen MR) is 123 cm³/mol. The SMILES string of the molecule is CSc1ccccc1-c1nnc(NC(=O)c2cccc(NS(=O)(=O)c3ccc(F)cc3)c2)o1. The number of halogens is 1. The van der Waals surface area contributed by atoms with Crippen molar-refractivity contribution in [1.82, 2.24) is 10.2 Å². The molecule has 4 rings (SSSR count). The number of hydrogen-bond donors (Lipinski definition) is 2. The molecule has 3 aromatic carbocycles. The minimum Gasteiger partial charge on any atom is -0.403 e. The van der Waals surface area contributed by atoms with Gasteiger partial charge in [-0.3, -0.25) is 14.8 Å². The van der Waals surface area contributed by atoms with Crippen molar-refractivity contribution in [3.8, 4) is 11.5 Å². The molecule has 0 saturated heterocycles. The van der Waals surface area contributed by atoms with E-state index in [0.717, 1.165) is 34.7 Å². The van der Waals surface area contributed by atoms with Crippen LogP contribution in [0.2, 0.25) is 0 Å². The van der Waals surface area contributed by atoms with Gasteiger partial charge in [0.25, 0.3) is 21.8 Å². The predicted octanol–water partition coefficient (Wildman–Crippen LogP) is 4.65. The Labute approximate surface area is 193 Å². The first-order chi connectivity index (χ1) is 15.9. The van der Waals surface area contributed by atoms with Crippen LogP contribution in [-0.4, -0.2) is 30.8 Å². The van der Waals surface area contributed by atoms with Gasteiger partial charge in [0.1, 0.15) is 5.82 Å². The van der Waals surface area contributed by atoms with Crippen LogP contribution in [0.3, 0.4) is 0 Å². The number of benzene rings is 3. The fourth-order valence-electron chi connectivity index (χ4n) is 2.92. The van der Waals surface area contributed by atoms with Gasteiger partial charge in [-0.1, -0.05) is 23.3 Å². The Morgan fingerprint density at radius 1 is 1.00 bits per heavy atom. The van der Waals surface area contributed by atoms with Crippen molar-refractivity contribution < 1.29 is 22.0 Å². The van der Waals surface area contributed by atoms with Crippen molar-refractivity contribution in [2.45, 2.75) is 9.79 Å². The van der Waals surface area contributed by atoms with Crippen LogP contribution in [0.5, 0.6) is 0 Å². The topological polar surface area (TPSA) is 114 Å². The largest absolute Gasteiger partial charge is 0.403 e. The fourth-order valence-corrected chi connectivity index (χ4v) is 4.56. The average molecular weight is 485 g/mol. The maximum absolute atomic E-state index is 13.1. The molecule has 0 aliphatic rings. The van der Waals surface area contributed by atoms with Crippen LogP contribution in [0.4, 0.5) is 16.1 Å². The van der Waals surface area contributed by atoms with E-state index < -0.39 is 21.7 Å². The Morgan fingerprint density at radius 2 is 1.76 bits per heavy atom. The molecule has 0 fully saturated rings. The minimum atomic E-state index is -3.96. The van der Waals surface area contributed by atoms with Crippen LogP contribution < -0.4 is 10.0 Å². The van der Waals surface area contributed by atoms with Gasteiger partial charge in [-0.15, -0.1) is 16.9 Å². The number of thioether (sulfide) groups is 1. The lowest BCUT2D eigenvalue weighted by Crippen LogP contribution is -2.15. The van der Waals surface area contributed by atoms with Gasteiger partial charge in [0, 0.05) is 16.1 Å². The van der Waals surface area contributed by atoms with E-state index >= 15 is 0 Å². The third-order valence-electron chi connectivity index (χ3n) is 4.48. The van der Waals surface area contributed by atoms with E-state index in [4.69, 9.17) is 4.42 Å². The number of sulfonamides is 1. The van der Waals surface area contributed by atoms with Crippen molar-refractivity contribution in [2.24, 2.45) is 0 Å². The summed E-state index contributed by atoms with van der Waals surface area (Å²) >= 11 is 1.53. The molecule has 168 valence electrons. The van der Waals surface area contributed by atoms with E-state index in [1.807, 2.05) is 30.5 Å².